The minimum atomic E-state index is -3.81. The first-order valence-corrected chi connectivity index (χ1v) is 7.78. The van der Waals surface area contributed by atoms with Crippen molar-refractivity contribution >= 4 is 37.5 Å². The van der Waals surface area contributed by atoms with Gasteiger partial charge in [-0.25, -0.2) is 13.4 Å². The van der Waals surface area contributed by atoms with Gasteiger partial charge in [-0.2, -0.15) is 0 Å². The number of anilines is 2. The minimum absolute atomic E-state index is 0.0565. The number of halogens is 1. The first kappa shape index (κ1) is 14.6. The van der Waals surface area contributed by atoms with Crippen LogP contribution in [0.1, 0.15) is 0 Å². The van der Waals surface area contributed by atoms with E-state index in [1.165, 1.54) is 25.4 Å². The molecule has 0 aliphatic carbocycles. The average molecular weight is 358 g/mol. The van der Waals surface area contributed by atoms with Gasteiger partial charge < -0.3 is 10.5 Å². The second-order valence-corrected chi connectivity index (χ2v) is 6.34. The van der Waals surface area contributed by atoms with E-state index in [-0.39, 0.29) is 10.7 Å². The van der Waals surface area contributed by atoms with Gasteiger partial charge in [0.05, 0.1) is 12.8 Å². The fourth-order valence-electron chi connectivity index (χ4n) is 1.54. The number of hydrogen-bond acceptors (Lipinski definition) is 5. The third kappa shape index (κ3) is 3.02. The normalized spacial score (nSPS) is 11.1. The fourth-order valence-corrected chi connectivity index (χ4v) is 3.17. The van der Waals surface area contributed by atoms with E-state index in [4.69, 9.17) is 10.5 Å². The highest BCUT2D eigenvalue weighted by Crippen LogP contribution is 2.29. The maximum atomic E-state index is 12.3. The molecule has 0 saturated heterocycles. The lowest BCUT2D eigenvalue weighted by Gasteiger charge is -2.12. The van der Waals surface area contributed by atoms with Crippen molar-refractivity contribution in [1.29, 1.82) is 0 Å². The zero-order chi connectivity index (χ0) is 14.8. The molecule has 0 radical (unpaired) electrons. The van der Waals surface area contributed by atoms with Gasteiger partial charge in [-0.1, -0.05) is 0 Å². The maximum absolute atomic E-state index is 12.3. The van der Waals surface area contributed by atoms with Gasteiger partial charge in [-0.15, -0.1) is 0 Å². The number of nitrogens with two attached hydrogens (primary N) is 1. The molecule has 0 fully saturated rings. The molecule has 2 rings (SSSR count). The number of nitrogens with zero attached hydrogens (tertiary/aromatic N) is 1. The van der Waals surface area contributed by atoms with Gasteiger partial charge in [0.15, 0.2) is 0 Å². The monoisotopic (exact) mass is 357 g/mol. The van der Waals surface area contributed by atoms with Crippen molar-refractivity contribution in [3.05, 3.63) is 41.0 Å². The van der Waals surface area contributed by atoms with E-state index in [9.17, 15) is 8.42 Å². The molecule has 2 aromatic rings. The molecule has 6 nitrogen and oxygen atoms in total. The molecule has 106 valence electrons. The van der Waals surface area contributed by atoms with Crippen LogP contribution in [0, 0.1) is 0 Å². The van der Waals surface area contributed by atoms with Gasteiger partial charge in [0, 0.05) is 16.7 Å². The summed E-state index contributed by atoms with van der Waals surface area (Å²) in [6, 6.07) is 7.85. The van der Waals surface area contributed by atoms with Crippen LogP contribution in [-0.4, -0.2) is 20.5 Å². The van der Waals surface area contributed by atoms with E-state index in [0.717, 1.165) is 0 Å². The second-order valence-electron chi connectivity index (χ2n) is 3.84. The predicted molar refractivity (Wildman–Crippen MR) is 80.2 cm³/mol. The lowest BCUT2D eigenvalue weighted by molar-refractivity contribution is 0.415. The Labute approximate surface area is 125 Å². The quantitative estimate of drug-likeness (QED) is 0.874. The summed E-state index contributed by atoms with van der Waals surface area (Å²) in [6.45, 7) is 0. The second kappa shape index (κ2) is 5.68. The first-order chi connectivity index (χ1) is 9.44. The van der Waals surface area contributed by atoms with Gasteiger partial charge in [-0.3, -0.25) is 4.72 Å². The van der Waals surface area contributed by atoms with E-state index in [1.807, 2.05) is 0 Å². The van der Waals surface area contributed by atoms with E-state index >= 15 is 0 Å². The summed E-state index contributed by atoms with van der Waals surface area (Å²) in [7, 11) is -2.31. The lowest BCUT2D eigenvalue weighted by atomic mass is 10.3. The zero-order valence-corrected chi connectivity index (χ0v) is 12.9. The van der Waals surface area contributed by atoms with Crippen molar-refractivity contribution < 1.29 is 13.2 Å². The molecule has 0 amide bonds. The van der Waals surface area contributed by atoms with Crippen LogP contribution in [0.2, 0.25) is 0 Å². The molecular weight excluding hydrogens is 346 g/mol. The molecule has 1 heterocycles. The summed E-state index contributed by atoms with van der Waals surface area (Å²) in [6.07, 6.45) is 1.43. The zero-order valence-electron chi connectivity index (χ0n) is 10.5. The SMILES string of the molecule is COc1ccc(Br)c(NS(=O)(=O)c2cccnc2N)c1. The molecule has 0 atom stereocenters. The molecule has 0 bridgehead atoms. The summed E-state index contributed by atoms with van der Waals surface area (Å²) in [5.41, 5.74) is 5.94. The van der Waals surface area contributed by atoms with Crippen LogP contribution < -0.4 is 15.2 Å². The van der Waals surface area contributed by atoms with Crippen molar-refractivity contribution in [2.24, 2.45) is 0 Å². The topological polar surface area (TPSA) is 94.3 Å². The lowest BCUT2D eigenvalue weighted by Crippen LogP contribution is -2.15. The molecule has 0 aliphatic heterocycles. The number of sulfonamides is 1. The van der Waals surface area contributed by atoms with Crippen LogP contribution in [0.15, 0.2) is 45.9 Å². The summed E-state index contributed by atoms with van der Waals surface area (Å²) in [5.74, 6) is 0.476. The van der Waals surface area contributed by atoms with Crippen LogP contribution in [0.25, 0.3) is 0 Å². The van der Waals surface area contributed by atoms with Crippen molar-refractivity contribution in [2.75, 3.05) is 17.6 Å². The van der Waals surface area contributed by atoms with Crippen LogP contribution in [0.5, 0.6) is 5.75 Å². The van der Waals surface area contributed by atoms with Crippen molar-refractivity contribution in [1.82, 2.24) is 4.98 Å². The minimum Gasteiger partial charge on any atom is -0.497 e. The first-order valence-electron chi connectivity index (χ1n) is 5.51. The highest BCUT2D eigenvalue weighted by Gasteiger charge is 2.19. The third-order valence-corrected chi connectivity index (χ3v) is 4.61. The smallest absolute Gasteiger partial charge is 0.265 e. The number of rotatable bonds is 4. The Bertz CT molecular complexity index is 734. The van der Waals surface area contributed by atoms with Gasteiger partial charge >= 0.3 is 0 Å². The van der Waals surface area contributed by atoms with E-state index in [0.29, 0.717) is 15.9 Å². The van der Waals surface area contributed by atoms with Crippen molar-refractivity contribution in [2.45, 2.75) is 4.90 Å². The summed E-state index contributed by atoms with van der Waals surface area (Å²) < 4.78 is 32.7. The Morgan fingerprint density at radius 2 is 2.10 bits per heavy atom. The third-order valence-electron chi connectivity index (χ3n) is 2.51. The van der Waals surface area contributed by atoms with Crippen LogP contribution in [0.4, 0.5) is 11.5 Å². The molecule has 0 spiro atoms. The highest BCUT2D eigenvalue weighted by molar-refractivity contribution is 9.10. The Morgan fingerprint density at radius 3 is 2.75 bits per heavy atom. The summed E-state index contributed by atoms with van der Waals surface area (Å²) in [4.78, 5) is 3.69. The van der Waals surface area contributed by atoms with Crippen LogP contribution >= 0.6 is 15.9 Å². The summed E-state index contributed by atoms with van der Waals surface area (Å²) in [5, 5.41) is 0. The largest absolute Gasteiger partial charge is 0.497 e. The number of hydrogen-bond donors (Lipinski definition) is 2. The number of pyridine rings is 1. The van der Waals surface area contributed by atoms with Gasteiger partial charge in [-0.05, 0) is 40.2 Å². The van der Waals surface area contributed by atoms with Crippen LogP contribution in [0.3, 0.4) is 0 Å². The molecular formula is C12H12BrN3O3S. The van der Waals surface area contributed by atoms with Gasteiger partial charge in [0.2, 0.25) is 0 Å². The maximum Gasteiger partial charge on any atom is 0.265 e. The van der Waals surface area contributed by atoms with Crippen LogP contribution in [-0.2, 0) is 10.0 Å². The number of nitrogen functional groups attached to an aromatic ring is 1. The molecule has 0 unspecified atom stereocenters. The Morgan fingerprint density at radius 1 is 1.35 bits per heavy atom. The van der Waals surface area contributed by atoms with Gasteiger partial charge in [0.25, 0.3) is 10.0 Å². The molecule has 1 aromatic heterocycles. The molecule has 20 heavy (non-hydrogen) atoms. The van der Waals surface area contributed by atoms with E-state index in [1.54, 1.807) is 18.2 Å². The predicted octanol–water partition coefficient (Wildman–Crippen LogP) is 2.24. The Hall–Kier alpha value is -1.80. The fraction of sp³-hybridized carbons (Fsp3) is 0.0833. The van der Waals surface area contributed by atoms with Gasteiger partial charge in [0.1, 0.15) is 16.5 Å². The number of benzene rings is 1. The highest BCUT2D eigenvalue weighted by atomic mass is 79.9. The molecule has 0 aliphatic rings. The average Bonchev–Trinajstić information content (AvgIpc) is 2.41. The number of aromatic nitrogens is 1. The standard InChI is InChI=1S/C12H12BrN3O3S/c1-19-8-4-5-9(13)10(7-8)16-20(17,18)11-3-2-6-15-12(11)14/h2-7,16H,1H3,(H2,14,15). The van der Waals surface area contributed by atoms with Crippen molar-refractivity contribution in [3.63, 3.8) is 0 Å². The summed E-state index contributed by atoms with van der Waals surface area (Å²) >= 11 is 3.27. The number of nitrogens with one attached hydrogen (secondary N) is 1. The molecule has 1 aromatic carbocycles. The van der Waals surface area contributed by atoms with Crippen molar-refractivity contribution in [3.8, 4) is 5.75 Å². The molecule has 3 N–H and O–H groups in total. The molecule has 0 saturated carbocycles. The number of methoxy groups -OCH3 is 1. The number of ether oxygens (including phenoxy) is 1. The van der Waals surface area contributed by atoms with E-state index in [2.05, 4.69) is 25.6 Å². The Kier molecular flexibility index (Phi) is 4.15. The Balaban J connectivity index is 2.41. The van der Waals surface area contributed by atoms with E-state index < -0.39 is 10.0 Å². The molecule has 8 heteroatoms.